The summed E-state index contributed by atoms with van der Waals surface area (Å²) in [6, 6.07) is 8.00. The standard InChI is InChI=1S/C16H14N2O2/c1-3-18-13(10-11-14(17-2)16(19)20)9-8-12-6-4-5-7-15(12)18/h4-11H,3H2,1H3,(H,19,20). The van der Waals surface area contributed by atoms with Crippen molar-refractivity contribution in [3.05, 3.63) is 70.9 Å². The van der Waals surface area contributed by atoms with E-state index in [1.165, 1.54) is 6.08 Å². The van der Waals surface area contributed by atoms with Gasteiger partial charge in [-0.05, 0) is 36.8 Å². The van der Waals surface area contributed by atoms with Crippen molar-refractivity contribution in [3.63, 3.8) is 0 Å². The van der Waals surface area contributed by atoms with Crippen LogP contribution in [0.1, 0.15) is 12.5 Å². The Bertz CT molecular complexity index is 663. The first kappa shape index (κ1) is 13.6. The van der Waals surface area contributed by atoms with Gasteiger partial charge in [0.05, 0.1) is 6.57 Å². The van der Waals surface area contributed by atoms with Gasteiger partial charge in [0.25, 0.3) is 5.70 Å². The van der Waals surface area contributed by atoms with E-state index in [1.54, 1.807) is 6.08 Å². The summed E-state index contributed by atoms with van der Waals surface area (Å²) in [5.41, 5.74) is 2.78. The van der Waals surface area contributed by atoms with Crippen molar-refractivity contribution in [2.45, 2.75) is 6.92 Å². The lowest BCUT2D eigenvalue weighted by molar-refractivity contribution is -0.132. The largest absolute Gasteiger partial charge is 0.486 e. The molecule has 4 nitrogen and oxygen atoms in total. The molecule has 0 radical (unpaired) electrons. The molecule has 1 aromatic carbocycles. The quantitative estimate of drug-likeness (QED) is 0.674. The average molecular weight is 266 g/mol. The van der Waals surface area contributed by atoms with Gasteiger partial charge in [0.15, 0.2) is 0 Å². The van der Waals surface area contributed by atoms with Crippen LogP contribution in [0.4, 0.5) is 5.69 Å². The van der Waals surface area contributed by atoms with Crippen LogP contribution in [0, 0.1) is 6.57 Å². The molecule has 1 aliphatic rings. The number of anilines is 1. The molecule has 0 saturated heterocycles. The van der Waals surface area contributed by atoms with Gasteiger partial charge in [0.1, 0.15) is 0 Å². The molecule has 1 N–H and O–H groups in total. The fraction of sp³-hybridized carbons (Fsp3) is 0.125. The lowest BCUT2D eigenvalue weighted by Gasteiger charge is -2.29. The Kier molecular flexibility index (Phi) is 4.02. The van der Waals surface area contributed by atoms with Gasteiger partial charge in [0.2, 0.25) is 0 Å². The molecule has 100 valence electrons. The summed E-state index contributed by atoms with van der Waals surface area (Å²) in [7, 11) is 0. The van der Waals surface area contributed by atoms with Gasteiger partial charge >= 0.3 is 5.97 Å². The number of benzene rings is 1. The third-order valence-electron chi connectivity index (χ3n) is 3.04. The van der Waals surface area contributed by atoms with Crippen LogP contribution in [-0.2, 0) is 4.79 Å². The monoisotopic (exact) mass is 266 g/mol. The van der Waals surface area contributed by atoms with E-state index >= 15 is 0 Å². The smallest absolute Gasteiger partial charge is 0.333 e. The molecule has 1 aliphatic heterocycles. The van der Waals surface area contributed by atoms with Crippen LogP contribution in [0.5, 0.6) is 0 Å². The number of carboxylic acids is 1. The van der Waals surface area contributed by atoms with Crippen molar-refractivity contribution in [3.8, 4) is 0 Å². The van der Waals surface area contributed by atoms with Crippen molar-refractivity contribution < 1.29 is 9.90 Å². The molecule has 0 aliphatic carbocycles. The maximum Gasteiger partial charge on any atom is 0.333 e. The van der Waals surface area contributed by atoms with Crippen molar-refractivity contribution >= 4 is 17.7 Å². The number of fused-ring (bicyclic) bond motifs is 1. The van der Waals surface area contributed by atoms with E-state index in [1.807, 2.05) is 43.3 Å². The normalized spacial score (nSPS) is 15.9. The predicted octanol–water partition coefficient (Wildman–Crippen LogP) is 3.31. The van der Waals surface area contributed by atoms with Crippen LogP contribution in [0.2, 0.25) is 0 Å². The number of hydrogen-bond donors (Lipinski definition) is 1. The SMILES string of the molecule is [C-]#[N+]C(=CC=C1C=Cc2ccccc2N1CC)C(=O)O. The van der Waals surface area contributed by atoms with Crippen molar-refractivity contribution in [1.82, 2.24) is 0 Å². The summed E-state index contributed by atoms with van der Waals surface area (Å²) < 4.78 is 0. The summed E-state index contributed by atoms with van der Waals surface area (Å²) in [4.78, 5) is 15.9. The van der Waals surface area contributed by atoms with E-state index in [2.05, 4.69) is 9.74 Å². The molecular weight excluding hydrogens is 252 g/mol. The van der Waals surface area contributed by atoms with Crippen LogP contribution in [0.25, 0.3) is 10.9 Å². The minimum Gasteiger partial charge on any atom is -0.486 e. The number of hydrogen-bond acceptors (Lipinski definition) is 2. The van der Waals surface area contributed by atoms with E-state index in [-0.39, 0.29) is 5.70 Å². The van der Waals surface area contributed by atoms with Gasteiger partial charge < -0.3 is 10.0 Å². The number of nitrogens with zero attached hydrogens (tertiary/aromatic N) is 2. The molecule has 0 aromatic heterocycles. The van der Waals surface area contributed by atoms with E-state index in [4.69, 9.17) is 11.7 Å². The first-order valence-electron chi connectivity index (χ1n) is 6.24. The lowest BCUT2D eigenvalue weighted by Crippen LogP contribution is -2.23. The molecule has 0 amide bonds. The van der Waals surface area contributed by atoms with E-state index in [0.29, 0.717) is 0 Å². The summed E-state index contributed by atoms with van der Waals surface area (Å²) in [5.74, 6) is -1.21. The Labute approximate surface area is 117 Å². The van der Waals surface area contributed by atoms with Gasteiger partial charge in [-0.2, -0.15) is 0 Å². The summed E-state index contributed by atoms with van der Waals surface area (Å²) in [6.45, 7) is 9.63. The second kappa shape index (κ2) is 5.89. The Morgan fingerprint density at radius 2 is 2.15 bits per heavy atom. The molecule has 0 fully saturated rings. The summed E-state index contributed by atoms with van der Waals surface area (Å²) >= 11 is 0. The minimum absolute atomic E-state index is 0.291. The topological polar surface area (TPSA) is 44.9 Å². The second-order valence-corrected chi connectivity index (χ2v) is 4.20. The number of para-hydroxylation sites is 1. The van der Waals surface area contributed by atoms with Gasteiger partial charge in [0, 0.05) is 17.9 Å². The summed E-state index contributed by atoms with van der Waals surface area (Å²) in [5, 5.41) is 8.84. The van der Waals surface area contributed by atoms with Crippen molar-refractivity contribution in [1.29, 1.82) is 0 Å². The molecule has 0 spiro atoms. The van der Waals surface area contributed by atoms with Crippen LogP contribution < -0.4 is 4.90 Å². The molecule has 4 heteroatoms. The highest BCUT2D eigenvalue weighted by molar-refractivity contribution is 5.89. The van der Waals surface area contributed by atoms with Crippen LogP contribution >= 0.6 is 0 Å². The molecule has 1 heterocycles. The zero-order chi connectivity index (χ0) is 14.5. The zero-order valence-electron chi connectivity index (χ0n) is 11.1. The molecule has 0 unspecified atom stereocenters. The Hall–Kier alpha value is -2.80. The molecule has 1 aromatic rings. The summed E-state index contributed by atoms with van der Waals surface area (Å²) in [6.07, 6.45) is 6.91. The molecule has 2 rings (SSSR count). The first-order chi connectivity index (χ1) is 9.67. The number of aliphatic carboxylic acids is 1. The van der Waals surface area contributed by atoms with Gasteiger partial charge in [-0.25, -0.2) is 4.85 Å². The van der Waals surface area contributed by atoms with Gasteiger partial charge in [-0.3, -0.25) is 4.79 Å². The van der Waals surface area contributed by atoms with Crippen LogP contribution in [0.15, 0.2) is 53.9 Å². The van der Waals surface area contributed by atoms with Crippen LogP contribution in [-0.4, -0.2) is 17.6 Å². The minimum atomic E-state index is -1.21. The molecule has 0 saturated carbocycles. The average Bonchev–Trinajstić information content (AvgIpc) is 2.47. The fourth-order valence-corrected chi connectivity index (χ4v) is 2.10. The number of carbonyl (C=O) groups is 1. The van der Waals surface area contributed by atoms with Gasteiger partial charge in [-0.1, -0.05) is 24.3 Å². The highest BCUT2D eigenvalue weighted by Crippen LogP contribution is 2.30. The highest BCUT2D eigenvalue weighted by atomic mass is 16.4. The van der Waals surface area contributed by atoms with Crippen molar-refractivity contribution in [2.24, 2.45) is 0 Å². The third kappa shape index (κ3) is 2.62. The number of likely N-dealkylation sites (N-methyl/N-ethyl adjacent to an activating group) is 1. The van der Waals surface area contributed by atoms with E-state index in [9.17, 15) is 4.79 Å². The Morgan fingerprint density at radius 1 is 1.40 bits per heavy atom. The Morgan fingerprint density at radius 3 is 2.80 bits per heavy atom. The van der Waals surface area contributed by atoms with Gasteiger partial charge in [-0.15, -0.1) is 0 Å². The third-order valence-corrected chi connectivity index (χ3v) is 3.04. The predicted molar refractivity (Wildman–Crippen MR) is 78.9 cm³/mol. The number of rotatable bonds is 3. The molecule has 20 heavy (non-hydrogen) atoms. The maximum atomic E-state index is 10.8. The van der Waals surface area contributed by atoms with E-state index in [0.717, 1.165) is 23.5 Å². The second-order valence-electron chi connectivity index (χ2n) is 4.20. The van der Waals surface area contributed by atoms with E-state index < -0.39 is 5.97 Å². The highest BCUT2D eigenvalue weighted by Gasteiger charge is 2.15. The molecule has 0 atom stereocenters. The Balaban J connectivity index is 2.41. The zero-order valence-corrected chi connectivity index (χ0v) is 11.1. The molecule has 0 bridgehead atoms. The van der Waals surface area contributed by atoms with Crippen molar-refractivity contribution in [2.75, 3.05) is 11.4 Å². The first-order valence-corrected chi connectivity index (χ1v) is 6.24. The van der Waals surface area contributed by atoms with Crippen LogP contribution in [0.3, 0.4) is 0 Å². The molecular formula is C16H14N2O2. The lowest BCUT2D eigenvalue weighted by atomic mass is 10.1. The number of allylic oxidation sites excluding steroid dienone is 3. The maximum absolute atomic E-state index is 10.8. The number of carboxylic acid groups (broad SMARTS) is 1. The fourth-order valence-electron chi connectivity index (χ4n) is 2.10.